The molecule has 2 rings (SSSR count). The van der Waals surface area contributed by atoms with Crippen LogP contribution in [-0.2, 0) is 0 Å². The zero-order valence-electron chi connectivity index (χ0n) is 7.40. The van der Waals surface area contributed by atoms with E-state index in [-0.39, 0.29) is 0 Å². The van der Waals surface area contributed by atoms with Crippen molar-refractivity contribution >= 4 is 37.5 Å². The molecule has 0 unspecified atom stereocenters. The van der Waals surface area contributed by atoms with E-state index in [1.807, 2.05) is 0 Å². The molecule has 1 aromatic carbocycles. The highest BCUT2D eigenvalue weighted by atomic mass is 127. The molecule has 0 bridgehead atoms. The van der Waals surface area contributed by atoms with Crippen LogP contribution in [0.5, 0.6) is 5.75 Å². The first-order chi connectivity index (χ1) is 7.15. The molecule has 4 nitrogen and oxygen atoms in total. The Morgan fingerprint density at radius 3 is 2.73 bits per heavy atom. The fourth-order valence-corrected chi connectivity index (χ4v) is 1.45. The van der Waals surface area contributed by atoms with E-state index in [0.29, 0.717) is 11.3 Å². The van der Waals surface area contributed by atoms with Crippen LogP contribution in [0.1, 0.15) is 0 Å². The van der Waals surface area contributed by atoms with E-state index >= 15 is 0 Å². The minimum atomic E-state index is -0.440. The highest BCUT2D eigenvalue weighted by Crippen LogP contribution is 2.20. The van der Waals surface area contributed by atoms with Crippen LogP contribution in [-0.4, -0.2) is 3.98 Å². The van der Waals surface area contributed by atoms with Crippen LogP contribution >= 0.6 is 22.6 Å². The Kier molecular flexibility index (Phi) is 2.72. The average molecular weight is 316 g/mol. The van der Waals surface area contributed by atoms with Gasteiger partial charge in [-0.3, -0.25) is 0 Å². The van der Waals surface area contributed by atoms with E-state index in [0.717, 1.165) is 5.39 Å². The Morgan fingerprint density at radius 2 is 2.00 bits per heavy atom. The molecule has 0 fully saturated rings. The summed E-state index contributed by atoms with van der Waals surface area (Å²) in [6.07, 6.45) is 0. The molecule has 0 aliphatic heterocycles. The molecule has 76 valence electrons. The second kappa shape index (κ2) is 4.01. The van der Waals surface area contributed by atoms with Crippen LogP contribution in [0, 0.1) is 0 Å². The summed E-state index contributed by atoms with van der Waals surface area (Å²) in [6.45, 7) is 0. The van der Waals surface area contributed by atoms with Crippen molar-refractivity contribution in [3.63, 3.8) is 0 Å². The molecule has 0 amide bonds. The summed E-state index contributed by atoms with van der Waals surface area (Å²) < 4.78 is 9.34. The van der Waals surface area contributed by atoms with E-state index in [1.165, 1.54) is 34.7 Å². The molecule has 2 aromatic rings. The Labute approximate surface area is 98.0 Å². The smallest absolute Gasteiger partial charge is 0.372 e. The van der Waals surface area contributed by atoms with Crippen LogP contribution in [0.25, 0.3) is 11.0 Å². The van der Waals surface area contributed by atoms with Gasteiger partial charge in [0.25, 0.3) is 0 Å². The normalized spacial score (nSPS) is 10.2. The first-order valence-electron chi connectivity index (χ1n) is 4.06. The van der Waals surface area contributed by atoms with Gasteiger partial charge < -0.3 is 9.15 Å². The first-order valence-corrected chi connectivity index (χ1v) is 5.14. The molecule has 5 heteroatoms. The van der Waals surface area contributed by atoms with Gasteiger partial charge in [0.2, 0.25) is 0 Å². The lowest BCUT2D eigenvalue weighted by molar-refractivity contribution is 0.230. The third kappa shape index (κ3) is 2.35. The fourth-order valence-electron chi connectivity index (χ4n) is 1.20. The zero-order chi connectivity index (χ0) is 10.8. The van der Waals surface area contributed by atoms with Gasteiger partial charge in [0, 0.05) is 17.5 Å². The van der Waals surface area contributed by atoms with Crippen molar-refractivity contribution in [3.05, 3.63) is 40.8 Å². The predicted molar refractivity (Wildman–Crippen MR) is 62.5 cm³/mol. The van der Waals surface area contributed by atoms with E-state index in [1.54, 1.807) is 18.2 Å². The van der Waals surface area contributed by atoms with Crippen LogP contribution in [0.4, 0.5) is 4.79 Å². The number of hydrogen-bond acceptors (Lipinski definition) is 4. The Balaban J connectivity index is 2.54. The maximum Gasteiger partial charge on any atom is 0.372 e. The second-order valence-electron chi connectivity index (χ2n) is 2.79. The monoisotopic (exact) mass is 316 g/mol. The lowest BCUT2D eigenvalue weighted by Gasteiger charge is -2.00. The van der Waals surface area contributed by atoms with Gasteiger partial charge in [-0.1, -0.05) is 0 Å². The molecule has 0 saturated carbocycles. The standard InChI is InChI=1S/C10H5IO4/c11-10(13)14-7-3-1-6-2-4-9(12)15-8(6)5-7/h1-5H. The molecule has 15 heavy (non-hydrogen) atoms. The highest BCUT2D eigenvalue weighted by molar-refractivity contribution is 14.1. The number of benzene rings is 1. The second-order valence-corrected chi connectivity index (χ2v) is 3.67. The minimum absolute atomic E-state index is 0.358. The van der Waals surface area contributed by atoms with Crippen LogP contribution in [0.3, 0.4) is 0 Å². The molecule has 0 saturated heterocycles. The van der Waals surface area contributed by atoms with E-state index in [9.17, 15) is 9.59 Å². The maximum atomic E-state index is 10.9. The number of hydrogen-bond donors (Lipinski definition) is 0. The minimum Gasteiger partial charge on any atom is -0.423 e. The number of rotatable bonds is 1. The molecule has 1 aromatic heterocycles. The summed E-state index contributed by atoms with van der Waals surface area (Å²) in [7, 11) is 0. The lowest BCUT2D eigenvalue weighted by Crippen LogP contribution is -1.97. The van der Waals surface area contributed by atoms with Gasteiger partial charge >= 0.3 is 9.60 Å². The van der Waals surface area contributed by atoms with Gasteiger partial charge in [-0.05, 0) is 18.2 Å². The van der Waals surface area contributed by atoms with Gasteiger partial charge in [0.1, 0.15) is 11.3 Å². The lowest BCUT2D eigenvalue weighted by atomic mass is 10.2. The molecular weight excluding hydrogens is 311 g/mol. The molecule has 0 spiro atoms. The third-order valence-electron chi connectivity index (χ3n) is 1.79. The molecule has 0 atom stereocenters. The largest absolute Gasteiger partial charge is 0.423 e. The van der Waals surface area contributed by atoms with Crippen molar-refractivity contribution < 1.29 is 13.9 Å². The maximum absolute atomic E-state index is 10.9. The molecular formula is C10H5IO4. The number of carbonyl (C=O) groups excluding carboxylic acids is 1. The van der Waals surface area contributed by atoms with Crippen molar-refractivity contribution in [2.24, 2.45) is 0 Å². The number of ether oxygens (including phenoxy) is 1. The summed E-state index contributed by atoms with van der Waals surface area (Å²) in [4.78, 5) is 21.6. The first kappa shape index (κ1) is 10.2. The number of carbonyl (C=O) groups is 1. The van der Waals surface area contributed by atoms with Crippen molar-refractivity contribution in [1.29, 1.82) is 0 Å². The average Bonchev–Trinajstić information content (AvgIpc) is 2.16. The topological polar surface area (TPSA) is 56.5 Å². The van der Waals surface area contributed by atoms with E-state index in [4.69, 9.17) is 9.15 Å². The van der Waals surface area contributed by atoms with Gasteiger partial charge in [-0.25, -0.2) is 9.59 Å². The van der Waals surface area contributed by atoms with Crippen molar-refractivity contribution in [2.75, 3.05) is 0 Å². The molecule has 0 aliphatic carbocycles. The summed E-state index contributed by atoms with van der Waals surface area (Å²) in [5, 5.41) is 0.780. The quantitative estimate of drug-likeness (QED) is 0.461. The van der Waals surface area contributed by atoms with Gasteiger partial charge in [0.15, 0.2) is 0 Å². The van der Waals surface area contributed by atoms with Crippen LogP contribution in [0.2, 0.25) is 0 Å². The zero-order valence-corrected chi connectivity index (χ0v) is 9.56. The molecule has 0 radical (unpaired) electrons. The number of halogens is 1. The van der Waals surface area contributed by atoms with Crippen LogP contribution in [0.15, 0.2) is 39.5 Å². The van der Waals surface area contributed by atoms with Gasteiger partial charge in [-0.15, -0.1) is 0 Å². The molecule has 0 N–H and O–H groups in total. The predicted octanol–water partition coefficient (Wildman–Crippen LogP) is 2.73. The molecule has 1 heterocycles. The van der Waals surface area contributed by atoms with Crippen molar-refractivity contribution in [3.8, 4) is 5.75 Å². The van der Waals surface area contributed by atoms with Crippen molar-refractivity contribution in [1.82, 2.24) is 0 Å². The summed E-state index contributed by atoms with van der Waals surface area (Å²) in [6, 6.07) is 7.85. The highest BCUT2D eigenvalue weighted by Gasteiger charge is 2.02. The third-order valence-corrected chi connectivity index (χ3v) is 2.01. The Hall–Kier alpha value is -1.37. The van der Waals surface area contributed by atoms with E-state index in [2.05, 4.69) is 0 Å². The Morgan fingerprint density at radius 1 is 1.27 bits per heavy atom. The summed E-state index contributed by atoms with van der Waals surface area (Å²) in [5.74, 6) is 0.358. The fraction of sp³-hybridized carbons (Fsp3) is 0. The summed E-state index contributed by atoms with van der Waals surface area (Å²) >= 11 is 1.52. The van der Waals surface area contributed by atoms with Crippen molar-refractivity contribution in [2.45, 2.75) is 0 Å². The summed E-state index contributed by atoms with van der Waals surface area (Å²) in [5.41, 5.74) is -0.0295. The molecule has 0 aliphatic rings. The van der Waals surface area contributed by atoms with Gasteiger partial charge in [0.05, 0.1) is 22.6 Å². The van der Waals surface area contributed by atoms with E-state index < -0.39 is 9.60 Å². The van der Waals surface area contributed by atoms with Gasteiger partial charge in [-0.2, -0.15) is 0 Å². The number of fused-ring (bicyclic) bond motifs is 1. The Bertz CT molecular complexity index is 573. The van der Waals surface area contributed by atoms with Crippen LogP contribution < -0.4 is 10.4 Å². The SMILES string of the molecule is O=C(I)Oc1ccc2ccc(=O)oc2c1.